The molecule has 0 fully saturated rings. The summed E-state index contributed by atoms with van der Waals surface area (Å²) in [6.07, 6.45) is -5.86. The van der Waals surface area contributed by atoms with Gasteiger partial charge in [0.2, 0.25) is 0 Å². The maximum Gasteiger partial charge on any atom is 0.416 e. The van der Waals surface area contributed by atoms with Gasteiger partial charge >= 0.3 is 12.1 Å². The Labute approximate surface area is 101 Å². The summed E-state index contributed by atoms with van der Waals surface area (Å²) >= 11 is 0. The molecule has 1 atom stereocenters. The first-order chi connectivity index (χ1) is 8.36. The Morgan fingerprint density at radius 3 is 2.22 bits per heavy atom. The number of halogens is 3. The van der Waals surface area contributed by atoms with E-state index >= 15 is 0 Å². The molecular weight excluding hydrogens is 253 g/mol. The molecule has 7 heteroatoms. The second kappa shape index (κ2) is 5.83. The van der Waals surface area contributed by atoms with Gasteiger partial charge in [0.1, 0.15) is 0 Å². The van der Waals surface area contributed by atoms with Gasteiger partial charge in [-0.3, -0.25) is 0 Å². The molecule has 4 nitrogen and oxygen atoms in total. The lowest BCUT2D eigenvalue weighted by atomic mass is 10.1. The zero-order chi connectivity index (χ0) is 13.8. The molecular formula is C11H11F3O4. The topological polar surface area (TPSA) is 66.8 Å². The van der Waals surface area contributed by atoms with Crippen molar-refractivity contribution in [2.75, 3.05) is 13.2 Å². The minimum absolute atomic E-state index is 0.0870. The van der Waals surface area contributed by atoms with Gasteiger partial charge in [0.05, 0.1) is 18.8 Å². The van der Waals surface area contributed by atoms with Crippen molar-refractivity contribution in [2.24, 2.45) is 0 Å². The molecule has 1 aromatic rings. The standard InChI is InChI=1S/C11H11F3O4/c12-11(13,14)8-3-1-7(2-4-8)9(10(16)17)18-6-5-15/h1-4,9,15H,5-6H2,(H,16,17). The SMILES string of the molecule is O=C(O)C(OCCO)c1ccc(C(F)(F)F)cc1. The molecule has 0 saturated carbocycles. The van der Waals surface area contributed by atoms with Crippen LogP contribution in [0.1, 0.15) is 17.2 Å². The molecule has 1 unspecified atom stereocenters. The number of hydrogen-bond donors (Lipinski definition) is 2. The summed E-state index contributed by atoms with van der Waals surface area (Å²) in [5.74, 6) is -1.33. The molecule has 1 rings (SSSR count). The molecule has 0 spiro atoms. The number of carbonyl (C=O) groups is 1. The van der Waals surface area contributed by atoms with Gasteiger partial charge < -0.3 is 14.9 Å². The van der Waals surface area contributed by atoms with Crippen LogP contribution in [0.15, 0.2) is 24.3 Å². The molecule has 0 saturated heterocycles. The zero-order valence-corrected chi connectivity index (χ0v) is 9.15. The number of aliphatic hydroxyl groups excluding tert-OH is 1. The lowest BCUT2D eigenvalue weighted by Gasteiger charge is -2.14. The van der Waals surface area contributed by atoms with Crippen LogP contribution in [0.25, 0.3) is 0 Å². The van der Waals surface area contributed by atoms with E-state index in [1.54, 1.807) is 0 Å². The average molecular weight is 264 g/mol. The summed E-state index contributed by atoms with van der Waals surface area (Å²) in [6, 6.07) is 3.65. The highest BCUT2D eigenvalue weighted by atomic mass is 19.4. The van der Waals surface area contributed by atoms with Gasteiger partial charge in [0.25, 0.3) is 0 Å². The Bertz CT molecular complexity index is 400. The number of benzene rings is 1. The van der Waals surface area contributed by atoms with E-state index < -0.39 is 23.8 Å². The fraction of sp³-hybridized carbons (Fsp3) is 0.364. The van der Waals surface area contributed by atoms with Crippen LogP contribution in [0.4, 0.5) is 13.2 Å². The summed E-state index contributed by atoms with van der Waals surface area (Å²) in [4.78, 5) is 10.9. The summed E-state index contributed by atoms with van der Waals surface area (Å²) in [5.41, 5.74) is -0.776. The molecule has 0 aromatic heterocycles. The highest BCUT2D eigenvalue weighted by Gasteiger charge is 2.30. The average Bonchev–Trinajstić information content (AvgIpc) is 2.28. The Morgan fingerprint density at radius 2 is 1.83 bits per heavy atom. The molecule has 0 aliphatic carbocycles. The van der Waals surface area contributed by atoms with Gasteiger partial charge in [0, 0.05) is 0 Å². The number of rotatable bonds is 5. The van der Waals surface area contributed by atoms with Gasteiger partial charge in [-0.1, -0.05) is 12.1 Å². The number of aliphatic carboxylic acids is 1. The van der Waals surface area contributed by atoms with Crippen LogP contribution < -0.4 is 0 Å². The van der Waals surface area contributed by atoms with Gasteiger partial charge in [0.15, 0.2) is 6.10 Å². The molecule has 0 radical (unpaired) electrons. The quantitative estimate of drug-likeness (QED) is 0.851. The third-order valence-corrected chi connectivity index (χ3v) is 2.14. The summed E-state index contributed by atoms with van der Waals surface area (Å²) in [6.45, 7) is -0.581. The van der Waals surface area contributed by atoms with Crippen LogP contribution >= 0.6 is 0 Å². The lowest BCUT2D eigenvalue weighted by molar-refractivity contribution is -0.151. The molecule has 0 aliphatic rings. The zero-order valence-electron chi connectivity index (χ0n) is 9.15. The molecule has 0 heterocycles. The van der Waals surface area contributed by atoms with Gasteiger partial charge in [-0.05, 0) is 17.7 Å². The summed E-state index contributed by atoms with van der Waals surface area (Å²) in [7, 11) is 0. The van der Waals surface area contributed by atoms with E-state index in [-0.39, 0.29) is 18.8 Å². The monoisotopic (exact) mass is 264 g/mol. The van der Waals surface area contributed by atoms with E-state index in [1.165, 1.54) is 0 Å². The predicted molar refractivity (Wildman–Crippen MR) is 54.9 cm³/mol. The Hall–Kier alpha value is -1.60. The lowest BCUT2D eigenvalue weighted by Crippen LogP contribution is -2.17. The first-order valence-electron chi connectivity index (χ1n) is 4.98. The van der Waals surface area contributed by atoms with E-state index in [0.29, 0.717) is 0 Å². The first-order valence-corrected chi connectivity index (χ1v) is 4.98. The van der Waals surface area contributed by atoms with Crippen molar-refractivity contribution in [3.8, 4) is 0 Å². The molecule has 2 N–H and O–H groups in total. The first kappa shape index (κ1) is 14.5. The largest absolute Gasteiger partial charge is 0.479 e. The van der Waals surface area contributed by atoms with Crippen molar-refractivity contribution in [3.05, 3.63) is 35.4 Å². The van der Waals surface area contributed by atoms with E-state index in [2.05, 4.69) is 0 Å². The van der Waals surface area contributed by atoms with Crippen LogP contribution in [0, 0.1) is 0 Å². The fourth-order valence-corrected chi connectivity index (χ4v) is 1.33. The highest BCUT2D eigenvalue weighted by Crippen LogP contribution is 2.30. The third kappa shape index (κ3) is 3.71. The minimum Gasteiger partial charge on any atom is -0.479 e. The van der Waals surface area contributed by atoms with Crippen molar-refractivity contribution in [1.82, 2.24) is 0 Å². The second-order valence-corrected chi connectivity index (χ2v) is 3.43. The van der Waals surface area contributed by atoms with E-state index in [0.717, 1.165) is 24.3 Å². The number of hydrogen-bond acceptors (Lipinski definition) is 3. The van der Waals surface area contributed by atoms with Crippen molar-refractivity contribution in [2.45, 2.75) is 12.3 Å². The molecule has 18 heavy (non-hydrogen) atoms. The molecule has 1 aromatic carbocycles. The third-order valence-electron chi connectivity index (χ3n) is 2.14. The predicted octanol–water partition coefficient (Wildman–Crippen LogP) is 1.84. The number of carboxylic acid groups (broad SMARTS) is 1. The molecule has 0 aliphatic heterocycles. The normalized spacial score (nSPS) is 13.3. The van der Waals surface area contributed by atoms with Crippen LogP contribution in [0.2, 0.25) is 0 Å². The molecule has 0 bridgehead atoms. The van der Waals surface area contributed by atoms with Crippen LogP contribution in [-0.2, 0) is 15.7 Å². The molecule has 0 amide bonds. The maximum atomic E-state index is 12.3. The van der Waals surface area contributed by atoms with E-state index in [9.17, 15) is 18.0 Å². The maximum absolute atomic E-state index is 12.3. The fourth-order valence-electron chi connectivity index (χ4n) is 1.33. The minimum atomic E-state index is -4.47. The van der Waals surface area contributed by atoms with Crippen molar-refractivity contribution in [3.63, 3.8) is 0 Å². The van der Waals surface area contributed by atoms with Crippen molar-refractivity contribution >= 4 is 5.97 Å². The van der Waals surface area contributed by atoms with Crippen molar-refractivity contribution in [1.29, 1.82) is 0 Å². The van der Waals surface area contributed by atoms with Gasteiger partial charge in [-0.15, -0.1) is 0 Å². The number of carboxylic acids is 1. The number of aliphatic hydroxyl groups is 1. The van der Waals surface area contributed by atoms with Crippen LogP contribution in [-0.4, -0.2) is 29.4 Å². The van der Waals surface area contributed by atoms with Crippen molar-refractivity contribution < 1.29 is 32.9 Å². The van der Waals surface area contributed by atoms with Gasteiger partial charge in [-0.25, -0.2) is 4.79 Å². The Kier molecular flexibility index (Phi) is 4.69. The van der Waals surface area contributed by atoms with Gasteiger partial charge in [-0.2, -0.15) is 13.2 Å². The Morgan fingerprint density at radius 1 is 1.28 bits per heavy atom. The Balaban J connectivity index is 2.90. The summed E-state index contributed by atoms with van der Waals surface area (Å²) in [5, 5.41) is 17.4. The van der Waals surface area contributed by atoms with Crippen LogP contribution in [0.3, 0.4) is 0 Å². The second-order valence-electron chi connectivity index (χ2n) is 3.43. The van der Waals surface area contributed by atoms with E-state index in [1.807, 2.05) is 0 Å². The highest BCUT2D eigenvalue weighted by molar-refractivity contribution is 5.74. The number of ether oxygens (including phenoxy) is 1. The number of alkyl halides is 3. The van der Waals surface area contributed by atoms with E-state index in [4.69, 9.17) is 14.9 Å². The molecule has 100 valence electrons. The van der Waals surface area contributed by atoms with Crippen LogP contribution in [0.5, 0.6) is 0 Å². The smallest absolute Gasteiger partial charge is 0.416 e. The summed E-state index contributed by atoms with van der Waals surface area (Å²) < 4.78 is 41.7.